The largest absolute Gasteiger partial charge is 0.456 e. The number of aromatic nitrogens is 3. The lowest BCUT2D eigenvalue weighted by Crippen LogP contribution is -2.35. The number of pyridine rings is 1. The van der Waals surface area contributed by atoms with E-state index in [1.165, 1.54) is 0 Å². The Morgan fingerprint density at radius 2 is 1.86 bits per heavy atom. The standard InChI is InChI=1S/C29H37ClN4O8SSi/c1-44(2,3)13-10-39-17-34-27-21(31-29(34)42-23-16-41-25-22(35)15-40-26(23)25)14-20(30)24(32-27)18-4-6-19(7-5-18)28(36)33-43(37)11-8-38-9-12-43/h4-7,14,22-23,25-26,35H,8-13,15-17H2,1-3H3/t22-,23-,25-,26-/m1/s1. The molecule has 0 radical (unpaired) electrons. The van der Waals surface area contributed by atoms with Gasteiger partial charge in [0, 0.05) is 25.8 Å². The zero-order chi connectivity index (χ0) is 31.1. The fourth-order valence-corrected chi connectivity index (χ4v) is 7.84. The van der Waals surface area contributed by atoms with Crippen LogP contribution >= 0.6 is 11.6 Å². The molecule has 6 rings (SSSR count). The Morgan fingerprint density at radius 1 is 1.14 bits per heavy atom. The second kappa shape index (κ2) is 12.8. The molecule has 3 aliphatic heterocycles. The lowest BCUT2D eigenvalue weighted by Gasteiger charge is -2.19. The van der Waals surface area contributed by atoms with E-state index >= 15 is 0 Å². The van der Waals surface area contributed by atoms with Crippen molar-refractivity contribution < 1.29 is 37.8 Å². The van der Waals surface area contributed by atoms with Crippen molar-refractivity contribution in [2.75, 3.05) is 44.5 Å². The van der Waals surface area contributed by atoms with Crippen LogP contribution in [0.3, 0.4) is 0 Å². The number of aliphatic hydroxyl groups excluding tert-OH is 1. The summed E-state index contributed by atoms with van der Waals surface area (Å²) in [5.41, 5.74) is 2.54. The van der Waals surface area contributed by atoms with E-state index in [4.69, 9.17) is 40.3 Å². The summed E-state index contributed by atoms with van der Waals surface area (Å²) in [6.45, 7) is 8.73. The second-order valence-electron chi connectivity index (χ2n) is 12.4. The maximum absolute atomic E-state index is 12.9. The molecule has 5 heterocycles. The Hall–Kier alpha value is -2.43. The van der Waals surface area contributed by atoms with Gasteiger partial charge in [0.15, 0.2) is 11.8 Å². The Morgan fingerprint density at radius 3 is 2.59 bits per heavy atom. The molecule has 0 saturated carbocycles. The molecule has 3 fully saturated rings. The van der Waals surface area contributed by atoms with E-state index in [1.807, 2.05) is 0 Å². The predicted molar refractivity (Wildman–Crippen MR) is 167 cm³/mol. The van der Waals surface area contributed by atoms with Crippen molar-refractivity contribution in [1.82, 2.24) is 14.5 Å². The van der Waals surface area contributed by atoms with Crippen LogP contribution in [0, 0.1) is 0 Å². The highest BCUT2D eigenvalue weighted by atomic mass is 35.5. The summed E-state index contributed by atoms with van der Waals surface area (Å²) in [5.74, 6) is -0.0198. The molecule has 2 aromatic heterocycles. The number of aliphatic hydroxyl groups is 1. The first-order valence-corrected chi connectivity index (χ1v) is 20.6. The number of carbonyl (C=O) groups is 1. The van der Waals surface area contributed by atoms with Gasteiger partial charge in [-0.3, -0.25) is 9.36 Å². The molecular weight excluding hydrogens is 628 g/mol. The van der Waals surface area contributed by atoms with Gasteiger partial charge in [0.25, 0.3) is 5.91 Å². The molecule has 1 N–H and O–H groups in total. The van der Waals surface area contributed by atoms with Gasteiger partial charge in [-0.2, -0.15) is 9.35 Å². The van der Waals surface area contributed by atoms with Crippen molar-refractivity contribution >= 4 is 46.5 Å². The number of rotatable bonds is 9. The van der Waals surface area contributed by atoms with Crippen molar-refractivity contribution in [3.63, 3.8) is 0 Å². The van der Waals surface area contributed by atoms with E-state index < -0.39 is 48.1 Å². The molecule has 15 heteroatoms. The van der Waals surface area contributed by atoms with E-state index in [0.29, 0.717) is 52.8 Å². The zero-order valence-corrected chi connectivity index (χ0v) is 27.5. The molecule has 12 nitrogen and oxygen atoms in total. The normalized spacial score (nSPS) is 24.8. The van der Waals surface area contributed by atoms with Gasteiger partial charge in [-0.05, 0) is 24.2 Å². The van der Waals surface area contributed by atoms with Crippen LogP contribution < -0.4 is 4.74 Å². The lowest BCUT2D eigenvalue weighted by atomic mass is 10.1. The van der Waals surface area contributed by atoms with Gasteiger partial charge in [-0.25, -0.2) is 9.19 Å². The van der Waals surface area contributed by atoms with Crippen LogP contribution in [0.2, 0.25) is 30.7 Å². The maximum Gasteiger partial charge on any atom is 0.301 e. The SMILES string of the molecule is C[Si](C)(C)CCOCn1c(O[C@@H]2CO[C@H]3[C@@H]2OC[C@H]3O)nc2cc(Cl)c(-c3ccc(C(=O)N=S4(=O)CCOCC4)cc3)nc21. The van der Waals surface area contributed by atoms with Crippen LogP contribution in [-0.2, 0) is 35.4 Å². The van der Waals surface area contributed by atoms with Crippen LogP contribution in [0.15, 0.2) is 34.7 Å². The molecule has 3 aliphatic rings. The van der Waals surface area contributed by atoms with E-state index in [-0.39, 0.29) is 37.5 Å². The third kappa shape index (κ3) is 6.87. The smallest absolute Gasteiger partial charge is 0.301 e. The Labute approximate surface area is 262 Å². The van der Waals surface area contributed by atoms with E-state index in [1.54, 1.807) is 34.9 Å². The monoisotopic (exact) mass is 664 g/mol. The van der Waals surface area contributed by atoms with Gasteiger partial charge in [-0.1, -0.05) is 43.4 Å². The average molecular weight is 665 g/mol. The second-order valence-corrected chi connectivity index (χ2v) is 21.0. The van der Waals surface area contributed by atoms with E-state index in [0.717, 1.165) is 6.04 Å². The third-order valence-corrected chi connectivity index (χ3v) is 11.9. The summed E-state index contributed by atoms with van der Waals surface area (Å²) in [4.78, 5) is 22.3. The molecule has 238 valence electrons. The first-order valence-electron chi connectivity index (χ1n) is 14.7. The molecule has 1 aromatic carbocycles. The Balaban J connectivity index is 1.28. The number of benzene rings is 1. The summed E-state index contributed by atoms with van der Waals surface area (Å²) in [5, 5.41) is 10.5. The fraction of sp³-hybridized carbons (Fsp3) is 0.552. The maximum atomic E-state index is 12.9. The van der Waals surface area contributed by atoms with Crippen LogP contribution in [0.5, 0.6) is 6.01 Å². The van der Waals surface area contributed by atoms with Crippen molar-refractivity contribution in [3.05, 3.63) is 40.9 Å². The predicted octanol–water partition coefficient (Wildman–Crippen LogP) is 3.61. The van der Waals surface area contributed by atoms with Crippen molar-refractivity contribution in [2.45, 2.75) is 56.8 Å². The van der Waals surface area contributed by atoms with Gasteiger partial charge in [0.05, 0.1) is 58.4 Å². The average Bonchev–Trinajstić information content (AvgIpc) is 3.65. The summed E-state index contributed by atoms with van der Waals surface area (Å²) >= 11 is 6.70. The molecule has 1 amide bonds. The zero-order valence-electron chi connectivity index (χ0n) is 24.9. The highest BCUT2D eigenvalue weighted by molar-refractivity contribution is 7.94. The molecule has 4 atom stereocenters. The number of hydrogen-bond donors (Lipinski definition) is 1. The summed E-state index contributed by atoms with van der Waals surface area (Å²) < 4.78 is 47.8. The van der Waals surface area contributed by atoms with E-state index in [9.17, 15) is 14.1 Å². The van der Waals surface area contributed by atoms with Gasteiger partial charge < -0.3 is 28.8 Å². The first-order chi connectivity index (χ1) is 21.0. The van der Waals surface area contributed by atoms with Crippen molar-refractivity contribution in [3.8, 4) is 17.3 Å². The van der Waals surface area contributed by atoms with Crippen LogP contribution in [0.25, 0.3) is 22.4 Å². The van der Waals surface area contributed by atoms with Gasteiger partial charge in [0.2, 0.25) is 0 Å². The van der Waals surface area contributed by atoms with Crippen LogP contribution in [-0.4, -0.2) is 107 Å². The highest BCUT2D eigenvalue weighted by Gasteiger charge is 2.49. The third-order valence-electron chi connectivity index (χ3n) is 7.84. The Kier molecular flexibility index (Phi) is 9.14. The molecule has 3 saturated heterocycles. The number of halogens is 1. The summed E-state index contributed by atoms with van der Waals surface area (Å²) in [7, 11) is -3.92. The van der Waals surface area contributed by atoms with Crippen molar-refractivity contribution in [2.24, 2.45) is 4.36 Å². The number of imidazole rings is 1. The Bertz CT molecular complexity index is 1640. The summed E-state index contributed by atoms with van der Waals surface area (Å²) in [6, 6.07) is 9.73. The fourth-order valence-electron chi connectivity index (χ4n) is 5.28. The minimum absolute atomic E-state index is 0.162. The minimum Gasteiger partial charge on any atom is -0.456 e. The van der Waals surface area contributed by atoms with Gasteiger partial charge in [0.1, 0.15) is 30.6 Å². The summed E-state index contributed by atoms with van der Waals surface area (Å²) in [6.07, 6.45) is -2.00. The van der Waals surface area contributed by atoms with Gasteiger partial charge >= 0.3 is 6.01 Å². The lowest BCUT2D eigenvalue weighted by molar-refractivity contribution is 0.00336. The number of carbonyl (C=O) groups excluding carboxylic acids is 1. The number of amides is 1. The molecule has 0 unspecified atom stereocenters. The first kappa shape index (κ1) is 31.5. The number of ether oxygens (including phenoxy) is 5. The van der Waals surface area contributed by atoms with Gasteiger partial charge in [-0.15, -0.1) is 0 Å². The highest BCUT2D eigenvalue weighted by Crippen LogP contribution is 2.34. The molecule has 44 heavy (non-hydrogen) atoms. The van der Waals surface area contributed by atoms with Crippen LogP contribution in [0.1, 0.15) is 10.4 Å². The quantitative estimate of drug-likeness (QED) is 0.266. The molecule has 0 spiro atoms. The number of nitrogens with zero attached hydrogens (tertiary/aromatic N) is 4. The van der Waals surface area contributed by atoms with Crippen molar-refractivity contribution in [1.29, 1.82) is 0 Å². The minimum atomic E-state index is -2.61. The number of fused-ring (bicyclic) bond motifs is 2. The number of hydrogen-bond acceptors (Lipinski definition) is 10. The van der Waals surface area contributed by atoms with Crippen LogP contribution in [0.4, 0.5) is 0 Å². The molecular formula is C29H37ClN4O8SSi. The molecule has 0 aliphatic carbocycles. The molecule has 0 bridgehead atoms. The molecule has 3 aromatic rings. The van der Waals surface area contributed by atoms with E-state index in [2.05, 4.69) is 29.0 Å². The topological polar surface area (TPSA) is 144 Å².